The van der Waals surface area contributed by atoms with E-state index in [9.17, 15) is 9.59 Å². The van der Waals surface area contributed by atoms with Crippen molar-refractivity contribution in [3.05, 3.63) is 66.0 Å². The van der Waals surface area contributed by atoms with Gasteiger partial charge in [0, 0.05) is 31.3 Å². The van der Waals surface area contributed by atoms with Gasteiger partial charge in [-0.1, -0.05) is 31.0 Å². The largest absolute Gasteiger partial charge is 0.353 e. The SMILES string of the molecule is O=C(/C=C/c1ccnnc1)NCCCCC1CCN(C(=O)c2ccccc2)CC1. The van der Waals surface area contributed by atoms with Crippen molar-refractivity contribution in [1.29, 1.82) is 0 Å². The standard InChI is InChI=1S/C23H28N4O2/c28-22(10-9-20-11-15-25-26-18-20)24-14-5-4-6-19-12-16-27(17-13-19)23(29)21-7-2-1-3-8-21/h1-3,7-11,15,18-19H,4-6,12-14,16-17H2,(H,24,28)/b10-9+. The highest BCUT2D eigenvalue weighted by Crippen LogP contribution is 2.23. The average Bonchev–Trinajstić information content (AvgIpc) is 2.79. The van der Waals surface area contributed by atoms with Crippen LogP contribution in [-0.2, 0) is 4.79 Å². The molecule has 2 aromatic rings. The van der Waals surface area contributed by atoms with E-state index in [0.29, 0.717) is 12.5 Å². The Labute approximate surface area is 172 Å². The van der Waals surface area contributed by atoms with Gasteiger partial charge in [0.1, 0.15) is 0 Å². The summed E-state index contributed by atoms with van der Waals surface area (Å²) < 4.78 is 0. The third-order valence-corrected chi connectivity index (χ3v) is 5.30. The minimum absolute atomic E-state index is 0.0884. The molecule has 0 atom stereocenters. The minimum Gasteiger partial charge on any atom is -0.353 e. The first-order valence-electron chi connectivity index (χ1n) is 10.3. The molecule has 1 aliphatic heterocycles. The molecule has 1 saturated heterocycles. The number of amides is 2. The highest BCUT2D eigenvalue weighted by molar-refractivity contribution is 5.94. The summed E-state index contributed by atoms with van der Waals surface area (Å²) >= 11 is 0. The van der Waals surface area contributed by atoms with Gasteiger partial charge in [0.25, 0.3) is 5.91 Å². The lowest BCUT2D eigenvalue weighted by molar-refractivity contribution is -0.116. The van der Waals surface area contributed by atoms with Crippen LogP contribution >= 0.6 is 0 Å². The lowest BCUT2D eigenvalue weighted by Gasteiger charge is -2.32. The van der Waals surface area contributed by atoms with E-state index in [1.165, 1.54) is 6.08 Å². The summed E-state index contributed by atoms with van der Waals surface area (Å²) in [4.78, 5) is 26.3. The van der Waals surface area contributed by atoms with Crippen molar-refractivity contribution in [2.45, 2.75) is 32.1 Å². The maximum absolute atomic E-state index is 12.5. The molecule has 0 spiro atoms. The molecule has 1 fully saturated rings. The second-order valence-corrected chi connectivity index (χ2v) is 7.40. The van der Waals surface area contributed by atoms with Crippen LogP contribution in [0.4, 0.5) is 0 Å². The summed E-state index contributed by atoms with van der Waals surface area (Å²) in [5, 5.41) is 10.4. The van der Waals surface area contributed by atoms with E-state index in [4.69, 9.17) is 0 Å². The van der Waals surface area contributed by atoms with Gasteiger partial charge in [-0.25, -0.2) is 0 Å². The van der Waals surface area contributed by atoms with Gasteiger partial charge in [-0.05, 0) is 55.0 Å². The number of piperidine rings is 1. The van der Waals surface area contributed by atoms with Crippen LogP contribution in [0.15, 0.2) is 54.9 Å². The van der Waals surface area contributed by atoms with Crippen LogP contribution in [0.2, 0.25) is 0 Å². The average molecular weight is 393 g/mol. The third kappa shape index (κ3) is 6.82. The van der Waals surface area contributed by atoms with Crippen LogP contribution in [0.5, 0.6) is 0 Å². The second-order valence-electron chi connectivity index (χ2n) is 7.40. The Morgan fingerprint density at radius 3 is 2.59 bits per heavy atom. The smallest absolute Gasteiger partial charge is 0.253 e. The van der Waals surface area contributed by atoms with Gasteiger partial charge in [-0.3, -0.25) is 9.59 Å². The first-order valence-corrected chi connectivity index (χ1v) is 10.3. The van der Waals surface area contributed by atoms with Crippen LogP contribution in [0.25, 0.3) is 6.08 Å². The molecule has 3 rings (SSSR count). The number of aromatic nitrogens is 2. The molecule has 0 aliphatic carbocycles. The van der Waals surface area contributed by atoms with Crippen molar-refractivity contribution < 1.29 is 9.59 Å². The monoisotopic (exact) mass is 392 g/mol. The normalized spacial score (nSPS) is 14.8. The zero-order valence-electron chi connectivity index (χ0n) is 16.7. The van der Waals surface area contributed by atoms with E-state index in [0.717, 1.165) is 56.3 Å². The summed E-state index contributed by atoms with van der Waals surface area (Å²) in [5.41, 5.74) is 1.63. The molecule has 1 N–H and O–H groups in total. The summed E-state index contributed by atoms with van der Waals surface area (Å²) in [6.45, 7) is 2.36. The molecular weight excluding hydrogens is 364 g/mol. The Balaban J connectivity index is 1.27. The van der Waals surface area contributed by atoms with Crippen LogP contribution in [0.3, 0.4) is 0 Å². The van der Waals surface area contributed by atoms with Crippen LogP contribution < -0.4 is 5.32 Å². The minimum atomic E-state index is -0.0884. The van der Waals surface area contributed by atoms with Gasteiger partial charge in [0.05, 0.1) is 12.4 Å². The Bertz CT molecular complexity index is 800. The number of hydrogen-bond donors (Lipinski definition) is 1. The van der Waals surface area contributed by atoms with Gasteiger partial charge in [-0.2, -0.15) is 10.2 Å². The van der Waals surface area contributed by atoms with E-state index < -0.39 is 0 Å². The molecule has 29 heavy (non-hydrogen) atoms. The number of unbranched alkanes of at least 4 members (excludes halogenated alkanes) is 1. The highest BCUT2D eigenvalue weighted by Gasteiger charge is 2.23. The zero-order valence-corrected chi connectivity index (χ0v) is 16.7. The predicted octanol–water partition coefficient (Wildman–Crippen LogP) is 3.33. The number of carbonyl (C=O) groups is 2. The number of nitrogens with one attached hydrogen (secondary N) is 1. The fourth-order valence-corrected chi connectivity index (χ4v) is 3.59. The molecule has 1 aromatic heterocycles. The van der Waals surface area contributed by atoms with Gasteiger partial charge in [0.15, 0.2) is 0 Å². The topological polar surface area (TPSA) is 75.2 Å². The van der Waals surface area contributed by atoms with Crippen molar-refractivity contribution in [1.82, 2.24) is 20.4 Å². The van der Waals surface area contributed by atoms with Crippen molar-refractivity contribution in [2.24, 2.45) is 5.92 Å². The maximum atomic E-state index is 12.5. The zero-order chi connectivity index (χ0) is 20.3. The molecule has 152 valence electrons. The Morgan fingerprint density at radius 1 is 1.07 bits per heavy atom. The number of rotatable bonds is 8. The van der Waals surface area contributed by atoms with Crippen LogP contribution in [0.1, 0.15) is 48.0 Å². The van der Waals surface area contributed by atoms with Crippen molar-refractivity contribution in [3.8, 4) is 0 Å². The van der Waals surface area contributed by atoms with E-state index in [-0.39, 0.29) is 11.8 Å². The van der Waals surface area contributed by atoms with Crippen LogP contribution in [0, 0.1) is 5.92 Å². The van der Waals surface area contributed by atoms with Crippen LogP contribution in [-0.4, -0.2) is 46.5 Å². The lowest BCUT2D eigenvalue weighted by atomic mass is 9.91. The molecule has 1 aliphatic rings. The van der Waals surface area contributed by atoms with E-state index in [2.05, 4.69) is 15.5 Å². The van der Waals surface area contributed by atoms with Crippen molar-refractivity contribution in [3.63, 3.8) is 0 Å². The molecule has 0 radical (unpaired) electrons. The Morgan fingerprint density at radius 2 is 1.86 bits per heavy atom. The number of carbonyl (C=O) groups excluding carboxylic acids is 2. The summed E-state index contributed by atoms with van der Waals surface area (Å²) in [6, 6.07) is 11.3. The summed E-state index contributed by atoms with van der Waals surface area (Å²) in [5.74, 6) is 0.724. The van der Waals surface area contributed by atoms with Crippen molar-refractivity contribution in [2.75, 3.05) is 19.6 Å². The molecule has 0 bridgehead atoms. The molecule has 6 nitrogen and oxygen atoms in total. The van der Waals surface area contributed by atoms with Crippen molar-refractivity contribution >= 4 is 17.9 Å². The number of likely N-dealkylation sites (tertiary alicyclic amines) is 1. The number of nitrogens with zero attached hydrogens (tertiary/aromatic N) is 3. The first kappa shape index (κ1) is 20.7. The maximum Gasteiger partial charge on any atom is 0.253 e. The van der Waals surface area contributed by atoms with Gasteiger partial charge in [0.2, 0.25) is 5.91 Å². The molecule has 2 amide bonds. The fraction of sp³-hybridized carbons (Fsp3) is 0.391. The first-order chi connectivity index (χ1) is 14.2. The fourth-order valence-electron chi connectivity index (χ4n) is 3.59. The number of benzene rings is 1. The summed E-state index contributed by atoms with van der Waals surface area (Å²) in [7, 11) is 0. The third-order valence-electron chi connectivity index (χ3n) is 5.30. The summed E-state index contributed by atoms with van der Waals surface area (Å²) in [6.07, 6.45) is 11.8. The molecular formula is C23H28N4O2. The van der Waals surface area contributed by atoms with E-state index >= 15 is 0 Å². The molecule has 0 unspecified atom stereocenters. The Hall–Kier alpha value is -3.02. The van der Waals surface area contributed by atoms with E-state index in [1.807, 2.05) is 35.2 Å². The predicted molar refractivity (Wildman–Crippen MR) is 113 cm³/mol. The Kier molecular flexibility index (Phi) is 7.92. The lowest BCUT2D eigenvalue weighted by Crippen LogP contribution is -2.38. The quantitative estimate of drug-likeness (QED) is 0.552. The van der Waals surface area contributed by atoms with E-state index in [1.54, 1.807) is 24.5 Å². The van der Waals surface area contributed by atoms with Gasteiger partial charge >= 0.3 is 0 Å². The molecule has 6 heteroatoms. The van der Waals surface area contributed by atoms with Gasteiger partial charge < -0.3 is 10.2 Å². The van der Waals surface area contributed by atoms with Gasteiger partial charge in [-0.15, -0.1) is 0 Å². The number of hydrogen-bond acceptors (Lipinski definition) is 4. The second kappa shape index (κ2) is 11.1. The molecule has 2 heterocycles. The molecule has 0 saturated carbocycles. The highest BCUT2D eigenvalue weighted by atomic mass is 16.2. The molecule has 1 aromatic carbocycles.